The van der Waals surface area contributed by atoms with Crippen molar-refractivity contribution in [2.24, 2.45) is 5.92 Å². The number of pyridine rings is 1. The fourth-order valence-electron chi connectivity index (χ4n) is 2.29. The molecule has 1 aliphatic heterocycles. The molecule has 0 aromatic carbocycles. The normalized spacial score (nSPS) is 16.3. The number of aromatic nitrogens is 1. The molecule has 1 N–H and O–H groups in total. The Morgan fingerprint density at radius 2 is 1.77 bits per heavy atom. The van der Waals surface area contributed by atoms with Gasteiger partial charge in [0.15, 0.2) is 0 Å². The summed E-state index contributed by atoms with van der Waals surface area (Å²) in [6, 6.07) is 3.33. The highest BCUT2D eigenvalue weighted by Gasteiger charge is 2.27. The van der Waals surface area contributed by atoms with Crippen LogP contribution >= 0.6 is 0 Å². The third-order valence-corrected chi connectivity index (χ3v) is 5.47. The molecule has 2 heterocycles. The molecule has 0 unspecified atom stereocenters. The predicted molar refractivity (Wildman–Crippen MR) is 89.7 cm³/mol. The monoisotopic (exact) mass is 329 g/mol. The third-order valence-electron chi connectivity index (χ3n) is 3.23. The number of aromatic hydroxyl groups is 1. The van der Waals surface area contributed by atoms with Crippen molar-refractivity contribution in [1.29, 1.82) is 0 Å². The fraction of sp³-hybridized carbons (Fsp3) is 0.667. The smallest absolute Gasteiger partial charge is 0.214 e. The highest BCUT2D eigenvalue weighted by atomic mass is 32.2. The van der Waals surface area contributed by atoms with Crippen molar-refractivity contribution in [3.63, 3.8) is 0 Å². The van der Waals surface area contributed by atoms with E-state index in [1.54, 1.807) is 16.4 Å². The standard InChI is InChI=1S/C13H21N3O3S.C2H6/c1-11(2)10-20(18,19)16-7-5-15(6-8-16)13-4-3-12(17)9-14-13;1-2/h3-4,9,11,17H,5-8,10H2,1-2H3;1-2H3. The lowest BCUT2D eigenvalue weighted by Gasteiger charge is -2.35. The second-order valence-corrected chi connectivity index (χ2v) is 7.45. The fourth-order valence-corrected chi connectivity index (χ4v) is 4.06. The van der Waals surface area contributed by atoms with Crippen molar-refractivity contribution >= 4 is 15.8 Å². The minimum Gasteiger partial charge on any atom is -0.506 e. The Balaban J connectivity index is 0.00000116. The van der Waals surface area contributed by atoms with Gasteiger partial charge in [-0.05, 0) is 18.1 Å². The van der Waals surface area contributed by atoms with E-state index in [2.05, 4.69) is 4.98 Å². The number of sulfonamides is 1. The van der Waals surface area contributed by atoms with Crippen molar-refractivity contribution in [3.8, 4) is 5.75 Å². The molecule has 126 valence electrons. The maximum Gasteiger partial charge on any atom is 0.214 e. The number of hydrogen-bond donors (Lipinski definition) is 1. The van der Waals surface area contributed by atoms with E-state index >= 15 is 0 Å². The average molecular weight is 329 g/mol. The van der Waals surface area contributed by atoms with Crippen LogP contribution in [0, 0.1) is 5.92 Å². The first kappa shape index (κ1) is 18.7. The maximum absolute atomic E-state index is 12.1. The predicted octanol–water partition coefficient (Wildman–Crippen LogP) is 1.92. The summed E-state index contributed by atoms with van der Waals surface area (Å²) in [6.45, 7) is 10.0. The van der Waals surface area contributed by atoms with E-state index in [9.17, 15) is 13.5 Å². The molecule has 0 amide bonds. The molecular weight excluding hydrogens is 302 g/mol. The minimum atomic E-state index is -3.15. The van der Waals surface area contributed by atoms with Crippen LogP contribution in [0.5, 0.6) is 5.75 Å². The summed E-state index contributed by atoms with van der Waals surface area (Å²) >= 11 is 0. The summed E-state index contributed by atoms with van der Waals surface area (Å²) in [4.78, 5) is 6.17. The molecule has 1 aliphatic rings. The van der Waals surface area contributed by atoms with Gasteiger partial charge in [-0.2, -0.15) is 4.31 Å². The van der Waals surface area contributed by atoms with Crippen LogP contribution in [0.3, 0.4) is 0 Å². The average Bonchev–Trinajstić information content (AvgIpc) is 2.49. The van der Waals surface area contributed by atoms with Gasteiger partial charge in [0, 0.05) is 26.2 Å². The minimum absolute atomic E-state index is 0.131. The summed E-state index contributed by atoms with van der Waals surface area (Å²) in [6.07, 6.45) is 1.40. The van der Waals surface area contributed by atoms with Gasteiger partial charge < -0.3 is 10.0 Å². The first-order valence-electron chi connectivity index (χ1n) is 7.76. The molecule has 22 heavy (non-hydrogen) atoms. The SMILES string of the molecule is CC.CC(C)CS(=O)(=O)N1CCN(c2ccc(O)cn2)CC1. The highest BCUT2D eigenvalue weighted by molar-refractivity contribution is 7.89. The zero-order valence-corrected chi connectivity index (χ0v) is 14.7. The van der Waals surface area contributed by atoms with Crippen LogP contribution in [-0.2, 0) is 10.0 Å². The Morgan fingerprint density at radius 1 is 1.18 bits per heavy atom. The van der Waals surface area contributed by atoms with E-state index in [0.717, 1.165) is 5.82 Å². The number of nitrogens with zero attached hydrogens (tertiary/aromatic N) is 3. The third kappa shape index (κ3) is 5.14. The van der Waals surface area contributed by atoms with Crippen LogP contribution in [0.2, 0.25) is 0 Å². The Bertz CT molecular complexity index is 536. The van der Waals surface area contributed by atoms with E-state index in [-0.39, 0.29) is 17.4 Å². The molecular formula is C15H27N3O3S. The van der Waals surface area contributed by atoms with Crippen molar-refractivity contribution < 1.29 is 13.5 Å². The molecule has 2 rings (SSSR count). The first-order chi connectivity index (χ1) is 10.4. The van der Waals surface area contributed by atoms with E-state index < -0.39 is 10.0 Å². The van der Waals surface area contributed by atoms with Crippen molar-refractivity contribution in [2.75, 3.05) is 36.8 Å². The molecule has 0 atom stereocenters. The number of anilines is 1. The van der Waals surface area contributed by atoms with Crippen LogP contribution in [0.15, 0.2) is 18.3 Å². The molecule has 6 nitrogen and oxygen atoms in total. The van der Waals surface area contributed by atoms with E-state index in [0.29, 0.717) is 26.2 Å². The van der Waals surface area contributed by atoms with Crippen molar-refractivity contribution in [3.05, 3.63) is 18.3 Å². The quantitative estimate of drug-likeness (QED) is 0.913. The lowest BCUT2D eigenvalue weighted by atomic mass is 10.3. The molecule has 1 fully saturated rings. The van der Waals surface area contributed by atoms with Gasteiger partial charge in [-0.1, -0.05) is 27.7 Å². The van der Waals surface area contributed by atoms with Gasteiger partial charge >= 0.3 is 0 Å². The van der Waals surface area contributed by atoms with Gasteiger partial charge in [0.05, 0.1) is 11.9 Å². The zero-order valence-electron chi connectivity index (χ0n) is 13.9. The van der Waals surface area contributed by atoms with Gasteiger partial charge in [-0.3, -0.25) is 0 Å². The number of piperazine rings is 1. The van der Waals surface area contributed by atoms with Gasteiger partial charge in [0.25, 0.3) is 0 Å². The molecule has 0 bridgehead atoms. The first-order valence-corrected chi connectivity index (χ1v) is 9.37. The van der Waals surface area contributed by atoms with Crippen molar-refractivity contribution in [1.82, 2.24) is 9.29 Å². The summed E-state index contributed by atoms with van der Waals surface area (Å²) in [7, 11) is -3.15. The molecule has 1 aromatic rings. The lowest BCUT2D eigenvalue weighted by Crippen LogP contribution is -2.49. The van der Waals surface area contributed by atoms with Crippen LogP contribution in [-0.4, -0.2) is 54.7 Å². The molecule has 0 saturated carbocycles. The van der Waals surface area contributed by atoms with E-state index in [1.165, 1.54) is 6.20 Å². The highest BCUT2D eigenvalue weighted by Crippen LogP contribution is 2.18. The van der Waals surface area contributed by atoms with Crippen LogP contribution < -0.4 is 4.90 Å². The van der Waals surface area contributed by atoms with Gasteiger partial charge in [0.2, 0.25) is 10.0 Å². The zero-order chi connectivity index (χ0) is 16.8. The maximum atomic E-state index is 12.1. The Kier molecular flexibility index (Phi) is 7.09. The van der Waals surface area contributed by atoms with E-state index in [1.807, 2.05) is 32.6 Å². The molecule has 1 saturated heterocycles. The Labute approximate surface area is 133 Å². The lowest BCUT2D eigenvalue weighted by molar-refractivity contribution is 0.381. The number of rotatable bonds is 4. The van der Waals surface area contributed by atoms with Gasteiger partial charge in [0.1, 0.15) is 11.6 Å². The summed E-state index contributed by atoms with van der Waals surface area (Å²) < 4.78 is 25.8. The molecule has 0 spiro atoms. The Morgan fingerprint density at radius 3 is 2.23 bits per heavy atom. The molecule has 0 radical (unpaired) electrons. The number of hydrogen-bond acceptors (Lipinski definition) is 5. The summed E-state index contributed by atoms with van der Waals surface area (Å²) in [5.41, 5.74) is 0. The second kappa shape index (κ2) is 8.33. The second-order valence-electron chi connectivity index (χ2n) is 5.43. The van der Waals surface area contributed by atoms with Crippen LogP contribution in [0.1, 0.15) is 27.7 Å². The molecule has 7 heteroatoms. The van der Waals surface area contributed by atoms with Crippen LogP contribution in [0.25, 0.3) is 0 Å². The summed E-state index contributed by atoms with van der Waals surface area (Å²) in [5.74, 6) is 1.23. The largest absolute Gasteiger partial charge is 0.506 e. The van der Waals surface area contributed by atoms with Crippen molar-refractivity contribution in [2.45, 2.75) is 27.7 Å². The molecule has 0 aliphatic carbocycles. The van der Waals surface area contributed by atoms with Gasteiger partial charge in [-0.15, -0.1) is 0 Å². The Hall–Kier alpha value is -1.34. The van der Waals surface area contributed by atoms with Gasteiger partial charge in [-0.25, -0.2) is 13.4 Å². The topological polar surface area (TPSA) is 73.7 Å². The van der Waals surface area contributed by atoms with Crippen LogP contribution in [0.4, 0.5) is 5.82 Å². The van der Waals surface area contributed by atoms with E-state index in [4.69, 9.17) is 0 Å². The molecule has 1 aromatic heterocycles. The summed E-state index contributed by atoms with van der Waals surface area (Å²) in [5, 5.41) is 9.22.